The average molecular weight is 366 g/mol. The third kappa shape index (κ3) is 3.81. The minimum absolute atomic E-state index is 0.772. The molecule has 1 aromatic carbocycles. The van der Waals surface area contributed by atoms with Crippen LogP contribution in [0.15, 0.2) is 46.3 Å². The van der Waals surface area contributed by atoms with Gasteiger partial charge in [0, 0.05) is 25.2 Å². The molecule has 3 heterocycles. The van der Waals surface area contributed by atoms with Gasteiger partial charge in [0.15, 0.2) is 0 Å². The number of nitrogens with zero attached hydrogens (tertiary/aromatic N) is 3. The molecule has 3 aliphatic rings. The summed E-state index contributed by atoms with van der Waals surface area (Å²) in [4.78, 5) is 9.24. The largest absolute Gasteiger partial charge is 0.355 e. The Kier molecular flexibility index (Phi) is 5.34. The summed E-state index contributed by atoms with van der Waals surface area (Å²) in [5.74, 6) is 1.84. The van der Waals surface area contributed by atoms with Crippen molar-refractivity contribution >= 4 is 17.3 Å². The molecule has 1 fully saturated rings. The van der Waals surface area contributed by atoms with Crippen molar-refractivity contribution in [2.45, 2.75) is 33.1 Å². The van der Waals surface area contributed by atoms with Gasteiger partial charge in [-0.2, -0.15) is 0 Å². The standard InChI is InChI=1S/C21H29N6/c1-3-27-18-10-6-5-9-17(18)24-20(27)19-16(2)15-23-21(25-19)22-11-14-26-12-7-4-8-13-26/h5-6,9-10,24H,3-4,7-8,11-14H2,1-2H3,(H2,22,23,25). The third-order valence-corrected chi connectivity index (χ3v) is 5.39. The summed E-state index contributed by atoms with van der Waals surface area (Å²) in [5, 5.41) is 10.5. The van der Waals surface area contributed by atoms with Crippen molar-refractivity contribution < 1.29 is 0 Å². The first-order valence-electron chi connectivity index (χ1n) is 10.0. The first-order valence-corrected chi connectivity index (χ1v) is 10.0. The van der Waals surface area contributed by atoms with Gasteiger partial charge in [-0.1, -0.05) is 18.6 Å². The summed E-state index contributed by atoms with van der Waals surface area (Å²) in [5.41, 5.74) is 4.38. The summed E-state index contributed by atoms with van der Waals surface area (Å²) < 4.78 is 0. The van der Waals surface area contributed by atoms with Gasteiger partial charge in [-0.15, -0.1) is 0 Å². The van der Waals surface area contributed by atoms with E-state index in [9.17, 15) is 0 Å². The van der Waals surface area contributed by atoms with Crippen LogP contribution in [0.3, 0.4) is 0 Å². The zero-order valence-electron chi connectivity index (χ0n) is 16.3. The maximum absolute atomic E-state index is 4.42. The molecule has 1 saturated heterocycles. The van der Waals surface area contributed by atoms with Crippen LogP contribution in [0, 0.1) is 6.20 Å². The minimum Gasteiger partial charge on any atom is -0.355 e. The van der Waals surface area contributed by atoms with E-state index in [1.807, 2.05) is 6.92 Å². The van der Waals surface area contributed by atoms with Crippen LogP contribution in [0.5, 0.6) is 0 Å². The van der Waals surface area contributed by atoms with Gasteiger partial charge in [0.1, 0.15) is 5.82 Å². The predicted octanol–water partition coefficient (Wildman–Crippen LogP) is 2.85. The predicted molar refractivity (Wildman–Crippen MR) is 111 cm³/mol. The Morgan fingerprint density at radius 1 is 1.15 bits per heavy atom. The fourth-order valence-electron chi connectivity index (χ4n) is 3.93. The van der Waals surface area contributed by atoms with Crippen molar-refractivity contribution in [3.63, 3.8) is 0 Å². The van der Waals surface area contributed by atoms with Crippen molar-refractivity contribution in [3.05, 3.63) is 47.6 Å². The molecule has 3 aliphatic heterocycles. The number of hydrogen-bond donors (Lipinski definition) is 3. The molecule has 0 unspecified atom stereocenters. The monoisotopic (exact) mass is 365 g/mol. The van der Waals surface area contributed by atoms with Crippen molar-refractivity contribution in [2.75, 3.05) is 42.9 Å². The number of nitrogens with one attached hydrogen (secondary N) is 3. The van der Waals surface area contributed by atoms with Gasteiger partial charge in [0.2, 0.25) is 5.96 Å². The van der Waals surface area contributed by atoms with Gasteiger partial charge in [-0.25, -0.2) is 4.99 Å². The third-order valence-electron chi connectivity index (χ3n) is 5.39. The van der Waals surface area contributed by atoms with E-state index in [4.69, 9.17) is 0 Å². The first-order chi connectivity index (χ1) is 13.3. The maximum Gasteiger partial charge on any atom is 0.201 e. The van der Waals surface area contributed by atoms with E-state index >= 15 is 0 Å². The van der Waals surface area contributed by atoms with Gasteiger partial charge in [0.25, 0.3) is 0 Å². The molecule has 0 atom stereocenters. The number of para-hydroxylation sites is 2. The second kappa shape index (κ2) is 8.05. The van der Waals surface area contributed by atoms with Crippen molar-refractivity contribution in [3.8, 4) is 0 Å². The second-order valence-corrected chi connectivity index (χ2v) is 7.26. The number of rotatable bonds is 4. The zero-order chi connectivity index (χ0) is 18.6. The van der Waals surface area contributed by atoms with E-state index in [0.717, 1.165) is 48.4 Å². The van der Waals surface area contributed by atoms with Crippen LogP contribution in [0.4, 0.5) is 11.4 Å². The van der Waals surface area contributed by atoms with Crippen LogP contribution in [0.2, 0.25) is 0 Å². The topological polar surface area (TPSA) is 54.9 Å². The van der Waals surface area contributed by atoms with E-state index in [1.54, 1.807) is 0 Å². The Morgan fingerprint density at radius 2 is 1.96 bits per heavy atom. The molecule has 4 rings (SSSR count). The summed E-state index contributed by atoms with van der Waals surface area (Å²) in [6.07, 6.45) is 7.18. The van der Waals surface area contributed by atoms with Gasteiger partial charge in [0.05, 0.1) is 23.3 Å². The van der Waals surface area contributed by atoms with Crippen LogP contribution in [0.1, 0.15) is 33.1 Å². The van der Waals surface area contributed by atoms with Crippen LogP contribution in [0.25, 0.3) is 0 Å². The fourth-order valence-corrected chi connectivity index (χ4v) is 3.93. The number of fused-ring (bicyclic) bond motifs is 1. The van der Waals surface area contributed by atoms with Crippen molar-refractivity contribution in [1.82, 2.24) is 15.5 Å². The Hall–Kier alpha value is -2.47. The van der Waals surface area contributed by atoms with Gasteiger partial charge in [-0.3, -0.25) is 0 Å². The van der Waals surface area contributed by atoms with Gasteiger partial charge >= 0.3 is 0 Å². The molecule has 0 aliphatic carbocycles. The Morgan fingerprint density at radius 3 is 2.78 bits per heavy atom. The SMILES string of the molecule is CCN1C(=C2NC(NCCN3CCCCC3)=N[C]=C2C)Nc2ccccc21. The smallest absolute Gasteiger partial charge is 0.201 e. The van der Waals surface area contributed by atoms with E-state index in [1.165, 1.54) is 38.0 Å². The lowest BCUT2D eigenvalue weighted by molar-refractivity contribution is 0.232. The molecule has 27 heavy (non-hydrogen) atoms. The van der Waals surface area contributed by atoms with Gasteiger partial charge in [-0.05, 0) is 51.9 Å². The number of piperidine rings is 1. The molecule has 0 spiro atoms. The lowest BCUT2D eigenvalue weighted by atomic mass is 10.1. The summed E-state index contributed by atoms with van der Waals surface area (Å²) in [6.45, 7) is 9.49. The molecule has 6 nitrogen and oxygen atoms in total. The van der Waals surface area contributed by atoms with E-state index in [0.29, 0.717) is 0 Å². The Labute approximate surface area is 162 Å². The average Bonchev–Trinajstić information content (AvgIpc) is 3.08. The minimum atomic E-state index is 0.772. The van der Waals surface area contributed by atoms with Crippen LogP contribution >= 0.6 is 0 Å². The van der Waals surface area contributed by atoms with E-state index in [-0.39, 0.29) is 0 Å². The van der Waals surface area contributed by atoms with Crippen LogP contribution < -0.4 is 20.9 Å². The molecule has 0 bridgehead atoms. The van der Waals surface area contributed by atoms with Crippen LogP contribution in [-0.4, -0.2) is 43.6 Å². The molecule has 0 aromatic heterocycles. The van der Waals surface area contributed by atoms with Crippen LogP contribution in [-0.2, 0) is 0 Å². The van der Waals surface area contributed by atoms with Gasteiger partial charge < -0.3 is 25.8 Å². The van der Waals surface area contributed by atoms with Crippen molar-refractivity contribution in [2.24, 2.45) is 4.99 Å². The summed E-state index contributed by atoms with van der Waals surface area (Å²) in [7, 11) is 0. The number of aliphatic imine (C=N–C) groups is 1. The molecule has 1 radical (unpaired) electrons. The number of anilines is 2. The molecule has 1 aromatic rings. The van der Waals surface area contributed by atoms with E-state index in [2.05, 4.69) is 68.1 Å². The van der Waals surface area contributed by atoms with E-state index < -0.39 is 0 Å². The zero-order valence-corrected chi connectivity index (χ0v) is 16.3. The lowest BCUT2D eigenvalue weighted by Crippen LogP contribution is -2.44. The number of likely N-dealkylation sites (tertiary alicyclic amines) is 1. The molecule has 0 saturated carbocycles. The second-order valence-electron chi connectivity index (χ2n) is 7.26. The highest BCUT2D eigenvalue weighted by Gasteiger charge is 2.27. The number of guanidine groups is 1. The molecular weight excluding hydrogens is 336 g/mol. The normalized spacial score (nSPS) is 22.5. The highest BCUT2D eigenvalue weighted by atomic mass is 15.3. The summed E-state index contributed by atoms with van der Waals surface area (Å²) >= 11 is 0. The van der Waals surface area contributed by atoms with Crippen molar-refractivity contribution in [1.29, 1.82) is 0 Å². The molecule has 0 amide bonds. The molecular formula is C21H29N6. The Balaban J connectivity index is 1.44. The first kappa shape index (κ1) is 17.9. The molecule has 143 valence electrons. The maximum atomic E-state index is 4.42. The number of allylic oxidation sites excluding steroid dienone is 1. The fraction of sp³-hybridized carbons (Fsp3) is 0.476. The Bertz CT molecular complexity index is 773. The lowest BCUT2D eigenvalue weighted by Gasteiger charge is -2.27. The molecule has 6 heteroatoms. The number of benzene rings is 1. The highest BCUT2D eigenvalue weighted by molar-refractivity contribution is 5.87. The highest BCUT2D eigenvalue weighted by Crippen LogP contribution is 2.37. The number of hydrogen-bond acceptors (Lipinski definition) is 6. The molecule has 3 N–H and O–H groups in total. The quantitative estimate of drug-likeness (QED) is 0.766. The summed E-state index contributed by atoms with van der Waals surface area (Å²) in [6, 6.07) is 8.40.